The lowest BCUT2D eigenvalue weighted by atomic mass is 9.49. The first-order chi connectivity index (χ1) is 11.1. The zero-order valence-corrected chi connectivity index (χ0v) is 16.5. The van der Waals surface area contributed by atoms with E-state index in [1.54, 1.807) is 11.1 Å². The molecule has 0 heterocycles. The van der Waals surface area contributed by atoms with Crippen LogP contribution in [0.4, 0.5) is 0 Å². The highest BCUT2D eigenvalue weighted by Crippen LogP contribution is 2.57. The van der Waals surface area contributed by atoms with Crippen molar-refractivity contribution in [2.75, 3.05) is 20.6 Å². The van der Waals surface area contributed by atoms with Crippen molar-refractivity contribution in [1.82, 2.24) is 0 Å². The summed E-state index contributed by atoms with van der Waals surface area (Å²) >= 11 is 0. The van der Waals surface area contributed by atoms with Crippen LogP contribution >= 0.6 is 0 Å². The highest BCUT2D eigenvalue weighted by Gasteiger charge is 2.53. The minimum atomic E-state index is -0.164. The van der Waals surface area contributed by atoms with E-state index in [1.807, 2.05) is 14.1 Å². The predicted octanol–water partition coefficient (Wildman–Crippen LogP) is 5.39. The number of quaternary nitrogens is 1. The maximum absolute atomic E-state index is 12.5. The van der Waals surface area contributed by atoms with Crippen LogP contribution in [-0.4, -0.2) is 25.3 Å². The molecule has 1 fully saturated rings. The summed E-state index contributed by atoms with van der Waals surface area (Å²) < 4.78 is -0.164. The van der Waals surface area contributed by atoms with Crippen molar-refractivity contribution in [3.8, 4) is 0 Å². The van der Waals surface area contributed by atoms with Crippen molar-refractivity contribution < 1.29 is 4.65 Å². The van der Waals surface area contributed by atoms with Crippen molar-refractivity contribution in [2.24, 2.45) is 11.3 Å². The normalized spacial score (nSPS) is 33.2. The maximum Gasteiger partial charge on any atom is 0.0837 e. The van der Waals surface area contributed by atoms with Gasteiger partial charge in [-0.25, -0.2) is 0 Å². The van der Waals surface area contributed by atoms with Gasteiger partial charge in [-0.2, -0.15) is 0 Å². The SMILES string of the molecule is CC(C)c1ccc2c(c1)CC[C@H]1[C@](C)(C[N+](C)(C)[O-])CCC[C@]21C. The molecule has 0 saturated heterocycles. The topological polar surface area (TPSA) is 23.1 Å². The molecule has 2 nitrogen and oxygen atoms in total. The summed E-state index contributed by atoms with van der Waals surface area (Å²) in [7, 11) is 3.62. The van der Waals surface area contributed by atoms with E-state index in [9.17, 15) is 5.21 Å². The molecule has 1 saturated carbocycles. The van der Waals surface area contributed by atoms with E-state index in [4.69, 9.17) is 0 Å². The molecule has 0 radical (unpaired) electrons. The molecule has 0 amide bonds. The summed E-state index contributed by atoms with van der Waals surface area (Å²) in [5, 5.41) is 12.5. The van der Waals surface area contributed by atoms with Crippen LogP contribution in [-0.2, 0) is 11.8 Å². The zero-order chi connectivity index (χ0) is 17.8. The van der Waals surface area contributed by atoms with Gasteiger partial charge in [0.1, 0.15) is 0 Å². The Morgan fingerprint density at radius 2 is 1.92 bits per heavy atom. The van der Waals surface area contributed by atoms with Gasteiger partial charge in [0.25, 0.3) is 0 Å². The van der Waals surface area contributed by atoms with Crippen LogP contribution in [0.1, 0.15) is 76.0 Å². The molecule has 134 valence electrons. The molecule has 0 unspecified atom stereocenters. The predicted molar refractivity (Wildman–Crippen MR) is 102 cm³/mol. The van der Waals surface area contributed by atoms with Crippen LogP contribution in [0.2, 0.25) is 0 Å². The third-order valence-electron chi connectivity index (χ3n) is 6.91. The van der Waals surface area contributed by atoms with Gasteiger partial charge in [-0.05, 0) is 59.6 Å². The standard InChI is InChI=1S/C22H35NO/c1-16(2)17-8-10-19-18(14-17)9-11-20-21(3,15-23(5,6)24)12-7-13-22(19,20)4/h8,10,14,16,20H,7,9,11-13,15H2,1-6H3/t20-,21-,22+/m0/s1. The molecular weight excluding hydrogens is 294 g/mol. The van der Waals surface area contributed by atoms with Crippen molar-refractivity contribution in [2.45, 2.75) is 71.1 Å². The molecule has 1 aromatic carbocycles. The number of hydroxylamine groups is 3. The van der Waals surface area contributed by atoms with E-state index in [1.165, 1.54) is 37.7 Å². The van der Waals surface area contributed by atoms with E-state index in [0.29, 0.717) is 11.8 Å². The maximum atomic E-state index is 12.5. The van der Waals surface area contributed by atoms with Crippen molar-refractivity contribution in [1.29, 1.82) is 0 Å². The first-order valence-corrected chi connectivity index (χ1v) is 9.72. The molecule has 0 bridgehead atoms. The summed E-state index contributed by atoms with van der Waals surface area (Å²) in [6, 6.07) is 7.22. The summed E-state index contributed by atoms with van der Waals surface area (Å²) in [5.74, 6) is 1.22. The van der Waals surface area contributed by atoms with Crippen LogP contribution in [0.25, 0.3) is 0 Å². The van der Waals surface area contributed by atoms with E-state index < -0.39 is 0 Å². The Labute approximate surface area is 148 Å². The van der Waals surface area contributed by atoms with Crippen molar-refractivity contribution in [3.63, 3.8) is 0 Å². The van der Waals surface area contributed by atoms with Crippen LogP contribution in [0.5, 0.6) is 0 Å². The van der Waals surface area contributed by atoms with E-state index >= 15 is 0 Å². The first kappa shape index (κ1) is 17.9. The number of hydrogen-bond donors (Lipinski definition) is 0. The quantitative estimate of drug-likeness (QED) is 0.538. The molecule has 3 rings (SSSR count). The van der Waals surface area contributed by atoms with Gasteiger partial charge in [-0.15, -0.1) is 0 Å². The lowest BCUT2D eigenvalue weighted by Gasteiger charge is -2.57. The van der Waals surface area contributed by atoms with E-state index in [0.717, 1.165) is 6.54 Å². The number of fused-ring (bicyclic) bond motifs is 3. The van der Waals surface area contributed by atoms with Gasteiger partial charge >= 0.3 is 0 Å². The van der Waals surface area contributed by atoms with Crippen LogP contribution in [0, 0.1) is 16.5 Å². The fraction of sp³-hybridized carbons (Fsp3) is 0.727. The highest BCUT2D eigenvalue weighted by atomic mass is 16.5. The zero-order valence-electron chi connectivity index (χ0n) is 16.5. The van der Waals surface area contributed by atoms with Crippen molar-refractivity contribution in [3.05, 3.63) is 40.1 Å². The second-order valence-electron chi connectivity index (χ2n) is 9.82. The molecule has 2 aliphatic carbocycles. The number of aryl methyl sites for hydroxylation is 1. The fourth-order valence-corrected chi connectivity index (χ4v) is 6.06. The van der Waals surface area contributed by atoms with Crippen LogP contribution in [0.3, 0.4) is 0 Å². The largest absolute Gasteiger partial charge is 0.633 e. The Bertz CT molecular complexity index is 615. The van der Waals surface area contributed by atoms with Gasteiger partial charge in [-0.3, -0.25) is 0 Å². The summed E-state index contributed by atoms with van der Waals surface area (Å²) in [6.45, 7) is 10.2. The number of benzene rings is 1. The molecule has 2 aliphatic rings. The smallest absolute Gasteiger partial charge is 0.0837 e. The third-order valence-corrected chi connectivity index (χ3v) is 6.91. The molecule has 24 heavy (non-hydrogen) atoms. The van der Waals surface area contributed by atoms with Gasteiger partial charge in [0.05, 0.1) is 20.6 Å². The Kier molecular flexibility index (Phi) is 4.37. The van der Waals surface area contributed by atoms with E-state index in [-0.39, 0.29) is 15.5 Å². The summed E-state index contributed by atoms with van der Waals surface area (Å²) in [4.78, 5) is 0. The Morgan fingerprint density at radius 1 is 1.21 bits per heavy atom. The average Bonchev–Trinajstić information content (AvgIpc) is 2.44. The molecule has 0 spiro atoms. The second kappa shape index (κ2) is 5.85. The second-order valence-corrected chi connectivity index (χ2v) is 9.82. The van der Waals surface area contributed by atoms with Gasteiger partial charge in [-0.1, -0.05) is 52.3 Å². The minimum Gasteiger partial charge on any atom is -0.633 e. The minimum absolute atomic E-state index is 0.159. The lowest BCUT2D eigenvalue weighted by molar-refractivity contribution is -0.848. The number of rotatable bonds is 3. The summed E-state index contributed by atoms with van der Waals surface area (Å²) in [5.41, 5.74) is 5.01. The third kappa shape index (κ3) is 3.04. The Hall–Kier alpha value is -0.860. The molecule has 0 N–H and O–H groups in total. The Morgan fingerprint density at radius 3 is 2.54 bits per heavy atom. The molecule has 0 aliphatic heterocycles. The van der Waals surface area contributed by atoms with Gasteiger partial charge < -0.3 is 9.85 Å². The number of hydrogen-bond acceptors (Lipinski definition) is 1. The highest BCUT2D eigenvalue weighted by molar-refractivity contribution is 5.42. The molecule has 1 aromatic rings. The monoisotopic (exact) mass is 329 g/mol. The first-order valence-electron chi connectivity index (χ1n) is 9.72. The molecule has 0 aromatic heterocycles. The average molecular weight is 330 g/mol. The molecular formula is C22H35NO. The fourth-order valence-electron chi connectivity index (χ4n) is 6.06. The van der Waals surface area contributed by atoms with Gasteiger partial charge in [0.15, 0.2) is 0 Å². The van der Waals surface area contributed by atoms with E-state index in [2.05, 4.69) is 45.9 Å². The molecule has 3 atom stereocenters. The number of nitrogens with zero attached hydrogens (tertiary/aromatic N) is 1. The Balaban J connectivity index is 2.00. The summed E-state index contributed by atoms with van der Waals surface area (Å²) in [6.07, 6.45) is 6.14. The van der Waals surface area contributed by atoms with Crippen molar-refractivity contribution >= 4 is 0 Å². The van der Waals surface area contributed by atoms with Crippen LogP contribution < -0.4 is 0 Å². The van der Waals surface area contributed by atoms with Gasteiger partial charge in [0, 0.05) is 5.41 Å². The van der Waals surface area contributed by atoms with Crippen LogP contribution in [0.15, 0.2) is 18.2 Å². The lowest BCUT2D eigenvalue weighted by Crippen LogP contribution is -2.55. The molecule has 2 heteroatoms. The van der Waals surface area contributed by atoms with Gasteiger partial charge in [0.2, 0.25) is 0 Å².